The van der Waals surface area contributed by atoms with Crippen LogP contribution in [0, 0.1) is 0 Å². The molecular formula is C13H23N3. The van der Waals surface area contributed by atoms with Gasteiger partial charge in [0.25, 0.3) is 0 Å². The SMILES string of the molecule is CCC(C)NCCN(C)Cc1cccnc1. The van der Waals surface area contributed by atoms with E-state index in [-0.39, 0.29) is 0 Å². The number of likely N-dealkylation sites (N-methyl/N-ethyl adjacent to an activating group) is 1. The van der Waals surface area contributed by atoms with Crippen LogP contribution in [0.15, 0.2) is 24.5 Å². The van der Waals surface area contributed by atoms with Crippen LogP contribution in [0.4, 0.5) is 0 Å². The Labute approximate surface area is 98.9 Å². The normalized spacial score (nSPS) is 13.0. The van der Waals surface area contributed by atoms with Crippen molar-refractivity contribution in [2.24, 2.45) is 0 Å². The quantitative estimate of drug-likeness (QED) is 0.762. The standard InChI is InChI=1S/C13H23N3/c1-4-12(2)15-8-9-16(3)11-13-6-5-7-14-10-13/h5-7,10,12,15H,4,8-9,11H2,1-3H3. The van der Waals surface area contributed by atoms with E-state index in [1.165, 1.54) is 12.0 Å². The van der Waals surface area contributed by atoms with Crippen LogP contribution < -0.4 is 5.32 Å². The Kier molecular flexibility index (Phi) is 6.04. The zero-order chi connectivity index (χ0) is 11.8. The molecule has 0 saturated heterocycles. The minimum atomic E-state index is 0.617. The van der Waals surface area contributed by atoms with Gasteiger partial charge in [0.2, 0.25) is 0 Å². The van der Waals surface area contributed by atoms with E-state index in [0.29, 0.717) is 6.04 Å². The summed E-state index contributed by atoms with van der Waals surface area (Å²) in [6.07, 6.45) is 4.93. The molecule has 1 aromatic rings. The molecule has 1 unspecified atom stereocenters. The lowest BCUT2D eigenvalue weighted by Gasteiger charge is -2.18. The molecule has 0 fully saturated rings. The minimum Gasteiger partial charge on any atom is -0.313 e. The first-order valence-corrected chi connectivity index (χ1v) is 6.03. The van der Waals surface area contributed by atoms with Crippen molar-refractivity contribution in [3.05, 3.63) is 30.1 Å². The highest BCUT2D eigenvalue weighted by molar-refractivity contribution is 5.07. The van der Waals surface area contributed by atoms with Gasteiger partial charge in [-0.3, -0.25) is 4.98 Å². The van der Waals surface area contributed by atoms with Crippen LogP contribution in [0.5, 0.6) is 0 Å². The maximum Gasteiger partial charge on any atom is 0.0312 e. The monoisotopic (exact) mass is 221 g/mol. The van der Waals surface area contributed by atoms with Crippen molar-refractivity contribution in [3.8, 4) is 0 Å². The molecule has 16 heavy (non-hydrogen) atoms. The first kappa shape index (κ1) is 13.1. The van der Waals surface area contributed by atoms with E-state index >= 15 is 0 Å². The Morgan fingerprint density at radius 3 is 2.94 bits per heavy atom. The van der Waals surface area contributed by atoms with Gasteiger partial charge in [-0.1, -0.05) is 13.0 Å². The fourth-order valence-corrected chi connectivity index (χ4v) is 1.53. The van der Waals surface area contributed by atoms with Gasteiger partial charge in [-0.05, 0) is 32.0 Å². The third kappa shape index (κ3) is 5.24. The second-order valence-electron chi connectivity index (χ2n) is 4.36. The summed E-state index contributed by atoms with van der Waals surface area (Å²) in [5, 5.41) is 3.49. The molecular weight excluding hydrogens is 198 g/mol. The highest BCUT2D eigenvalue weighted by atomic mass is 15.1. The number of hydrogen-bond donors (Lipinski definition) is 1. The van der Waals surface area contributed by atoms with Gasteiger partial charge in [0.15, 0.2) is 0 Å². The van der Waals surface area contributed by atoms with E-state index in [2.05, 4.69) is 42.2 Å². The van der Waals surface area contributed by atoms with E-state index < -0.39 is 0 Å². The third-order valence-electron chi connectivity index (χ3n) is 2.77. The molecule has 1 N–H and O–H groups in total. The zero-order valence-electron chi connectivity index (χ0n) is 10.6. The van der Waals surface area contributed by atoms with E-state index in [1.807, 2.05) is 18.5 Å². The number of hydrogen-bond acceptors (Lipinski definition) is 3. The zero-order valence-corrected chi connectivity index (χ0v) is 10.6. The number of pyridine rings is 1. The topological polar surface area (TPSA) is 28.2 Å². The summed E-state index contributed by atoms with van der Waals surface area (Å²) in [6.45, 7) is 7.51. The van der Waals surface area contributed by atoms with Crippen LogP contribution >= 0.6 is 0 Å². The van der Waals surface area contributed by atoms with Gasteiger partial charge < -0.3 is 10.2 Å². The Hall–Kier alpha value is -0.930. The molecule has 3 nitrogen and oxygen atoms in total. The maximum atomic E-state index is 4.12. The summed E-state index contributed by atoms with van der Waals surface area (Å²) < 4.78 is 0. The van der Waals surface area contributed by atoms with Crippen molar-refractivity contribution in [1.82, 2.24) is 15.2 Å². The van der Waals surface area contributed by atoms with E-state index in [1.54, 1.807) is 0 Å². The largest absolute Gasteiger partial charge is 0.313 e. The molecule has 0 saturated carbocycles. The molecule has 0 bridgehead atoms. The summed E-state index contributed by atoms with van der Waals surface area (Å²) in [5.41, 5.74) is 1.27. The second-order valence-corrected chi connectivity index (χ2v) is 4.36. The first-order chi connectivity index (χ1) is 7.72. The predicted octanol–water partition coefficient (Wildman–Crippen LogP) is 1.90. The number of rotatable bonds is 7. The highest BCUT2D eigenvalue weighted by Gasteiger charge is 2.01. The van der Waals surface area contributed by atoms with Crippen molar-refractivity contribution < 1.29 is 0 Å². The minimum absolute atomic E-state index is 0.617. The molecule has 90 valence electrons. The molecule has 1 aromatic heterocycles. The molecule has 0 spiro atoms. The van der Waals surface area contributed by atoms with Crippen LogP contribution in [-0.2, 0) is 6.54 Å². The summed E-state index contributed by atoms with van der Waals surface area (Å²) in [6, 6.07) is 4.72. The number of nitrogens with zero attached hydrogens (tertiary/aromatic N) is 2. The second kappa shape index (κ2) is 7.36. The van der Waals surface area contributed by atoms with Crippen LogP contribution in [-0.4, -0.2) is 36.1 Å². The Morgan fingerprint density at radius 1 is 1.50 bits per heavy atom. The van der Waals surface area contributed by atoms with Gasteiger partial charge in [0.1, 0.15) is 0 Å². The fraction of sp³-hybridized carbons (Fsp3) is 0.615. The van der Waals surface area contributed by atoms with Crippen molar-refractivity contribution >= 4 is 0 Å². The molecule has 1 heterocycles. The lowest BCUT2D eigenvalue weighted by atomic mass is 10.2. The lowest BCUT2D eigenvalue weighted by Crippen LogP contribution is -2.33. The number of aromatic nitrogens is 1. The molecule has 0 aliphatic heterocycles. The van der Waals surface area contributed by atoms with Gasteiger partial charge in [-0.2, -0.15) is 0 Å². The molecule has 1 rings (SSSR count). The predicted molar refractivity (Wildman–Crippen MR) is 68.3 cm³/mol. The Balaban J connectivity index is 2.19. The molecule has 0 aliphatic carbocycles. The lowest BCUT2D eigenvalue weighted by molar-refractivity contribution is 0.317. The molecule has 0 amide bonds. The van der Waals surface area contributed by atoms with Crippen molar-refractivity contribution in [2.75, 3.05) is 20.1 Å². The van der Waals surface area contributed by atoms with Crippen molar-refractivity contribution in [3.63, 3.8) is 0 Å². The Morgan fingerprint density at radius 2 is 2.31 bits per heavy atom. The van der Waals surface area contributed by atoms with Gasteiger partial charge in [0, 0.05) is 38.1 Å². The fourth-order valence-electron chi connectivity index (χ4n) is 1.53. The first-order valence-electron chi connectivity index (χ1n) is 6.03. The van der Waals surface area contributed by atoms with Gasteiger partial charge in [-0.15, -0.1) is 0 Å². The van der Waals surface area contributed by atoms with Crippen LogP contribution in [0.25, 0.3) is 0 Å². The molecule has 0 aromatic carbocycles. The number of nitrogens with one attached hydrogen (secondary N) is 1. The van der Waals surface area contributed by atoms with Crippen LogP contribution in [0.3, 0.4) is 0 Å². The Bertz CT molecular complexity index is 274. The summed E-state index contributed by atoms with van der Waals surface area (Å²) in [7, 11) is 2.14. The van der Waals surface area contributed by atoms with Crippen molar-refractivity contribution in [2.45, 2.75) is 32.9 Å². The smallest absolute Gasteiger partial charge is 0.0312 e. The molecule has 1 atom stereocenters. The van der Waals surface area contributed by atoms with Crippen molar-refractivity contribution in [1.29, 1.82) is 0 Å². The van der Waals surface area contributed by atoms with Gasteiger partial charge in [0.05, 0.1) is 0 Å². The molecule has 0 aliphatic rings. The van der Waals surface area contributed by atoms with Gasteiger partial charge >= 0.3 is 0 Å². The average Bonchev–Trinajstić information content (AvgIpc) is 2.30. The highest BCUT2D eigenvalue weighted by Crippen LogP contribution is 1.99. The summed E-state index contributed by atoms with van der Waals surface area (Å²) >= 11 is 0. The average molecular weight is 221 g/mol. The summed E-state index contributed by atoms with van der Waals surface area (Å²) in [5.74, 6) is 0. The van der Waals surface area contributed by atoms with E-state index in [9.17, 15) is 0 Å². The van der Waals surface area contributed by atoms with E-state index in [0.717, 1.165) is 19.6 Å². The summed E-state index contributed by atoms with van der Waals surface area (Å²) in [4.78, 5) is 6.43. The van der Waals surface area contributed by atoms with Gasteiger partial charge in [-0.25, -0.2) is 0 Å². The van der Waals surface area contributed by atoms with E-state index in [4.69, 9.17) is 0 Å². The van der Waals surface area contributed by atoms with Crippen LogP contribution in [0.2, 0.25) is 0 Å². The third-order valence-corrected chi connectivity index (χ3v) is 2.77. The molecule has 3 heteroatoms. The van der Waals surface area contributed by atoms with Crippen LogP contribution in [0.1, 0.15) is 25.8 Å². The molecule has 0 radical (unpaired) electrons. The maximum absolute atomic E-state index is 4.12.